The summed E-state index contributed by atoms with van der Waals surface area (Å²) in [5.74, 6) is -0.475. The molecule has 3 nitrogen and oxygen atoms in total. The van der Waals surface area contributed by atoms with E-state index in [0.717, 1.165) is 5.56 Å². The molecular weight excluding hydrogens is 295 g/mol. The van der Waals surface area contributed by atoms with Crippen LogP contribution in [0, 0.1) is 0 Å². The summed E-state index contributed by atoms with van der Waals surface area (Å²) in [6.45, 7) is 0. The molecule has 0 radical (unpaired) electrons. The molecule has 1 rings (SSSR count). The number of halogens is 1. The number of phenolic OH excluding ortho intramolecular Hbond substituents is 1. The summed E-state index contributed by atoms with van der Waals surface area (Å²) in [6, 6.07) is 6.82. The predicted octanol–water partition coefficient (Wildman–Crippen LogP) is 2.27. The Kier molecular flexibility index (Phi) is 4.15. The van der Waals surface area contributed by atoms with E-state index in [1.165, 1.54) is 0 Å². The summed E-state index contributed by atoms with van der Waals surface area (Å²) in [5, 5.41) is 9.16. The number of hydrogen-bond donors (Lipinski definition) is 1. The van der Waals surface area contributed by atoms with Crippen molar-refractivity contribution in [2.45, 2.75) is 5.79 Å². The van der Waals surface area contributed by atoms with Gasteiger partial charge >= 0.3 is 0 Å². The molecule has 0 aliphatic rings. The van der Waals surface area contributed by atoms with E-state index in [1.54, 1.807) is 38.5 Å². The molecule has 0 amide bonds. The number of hydrogen-bond acceptors (Lipinski definition) is 3. The van der Waals surface area contributed by atoms with E-state index >= 15 is 0 Å². The molecule has 14 heavy (non-hydrogen) atoms. The van der Waals surface area contributed by atoms with E-state index in [1.807, 2.05) is 0 Å². The average molecular weight is 308 g/mol. The van der Waals surface area contributed by atoms with Crippen LogP contribution in [0.4, 0.5) is 0 Å². The van der Waals surface area contributed by atoms with Crippen LogP contribution in [0.3, 0.4) is 0 Å². The highest BCUT2D eigenvalue weighted by molar-refractivity contribution is 14.1. The Morgan fingerprint density at radius 2 is 1.71 bits per heavy atom. The minimum absolute atomic E-state index is 0.239. The summed E-state index contributed by atoms with van der Waals surface area (Å²) in [6.07, 6.45) is 0. The van der Waals surface area contributed by atoms with Crippen LogP contribution in [-0.4, -0.2) is 23.8 Å². The fourth-order valence-corrected chi connectivity index (χ4v) is 2.28. The number of phenols is 1. The molecule has 0 spiro atoms. The van der Waals surface area contributed by atoms with Crippen LogP contribution < -0.4 is 0 Å². The lowest BCUT2D eigenvalue weighted by Gasteiger charge is -2.29. The van der Waals surface area contributed by atoms with Gasteiger partial charge in [0.15, 0.2) is 0 Å². The molecule has 0 heterocycles. The number of rotatable bonds is 4. The molecule has 1 aromatic carbocycles. The Morgan fingerprint density at radius 3 is 2.07 bits per heavy atom. The molecular formula is C10H13IO3. The van der Waals surface area contributed by atoms with Crippen LogP contribution in [-0.2, 0) is 15.3 Å². The molecule has 0 saturated heterocycles. The second kappa shape index (κ2) is 4.95. The summed E-state index contributed by atoms with van der Waals surface area (Å²) >= 11 is 2.20. The summed E-state index contributed by atoms with van der Waals surface area (Å²) in [4.78, 5) is 0. The fourth-order valence-electron chi connectivity index (χ4n) is 1.22. The van der Waals surface area contributed by atoms with E-state index in [2.05, 4.69) is 22.6 Å². The van der Waals surface area contributed by atoms with Crippen molar-refractivity contribution in [2.24, 2.45) is 0 Å². The fraction of sp³-hybridized carbons (Fsp3) is 0.400. The van der Waals surface area contributed by atoms with Crippen LogP contribution in [0.5, 0.6) is 5.75 Å². The normalized spacial score (nSPS) is 11.6. The molecule has 78 valence electrons. The van der Waals surface area contributed by atoms with Crippen molar-refractivity contribution in [3.63, 3.8) is 0 Å². The molecule has 0 fully saturated rings. The van der Waals surface area contributed by atoms with Gasteiger partial charge in [-0.15, -0.1) is 0 Å². The summed E-state index contributed by atoms with van der Waals surface area (Å²) in [7, 11) is 3.21. The zero-order valence-corrected chi connectivity index (χ0v) is 10.3. The van der Waals surface area contributed by atoms with Crippen LogP contribution in [0.1, 0.15) is 5.56 Å². The Hall–Kier alpha value is -0.330. The molecule has 1 aromatic rings. The van der Waals surface area contributed by atoms with Gasteiger partial charge < -0.3 is 14.6 Å². The molecule has 0 bridgehead atoms. The summed E-state index contributed by atoms with van der Waals surface area (Å²) < 4.78 is 11.4. The largest absolute Gasteiger partial charge is 0.508 e. The molecule has 0 aliphatic carbocycles. The molecule has 1 N–H and O–H groups in total. The Bertz CT molecular complexity index is 272. The first kappa shape index (κ1) is 11.7. The number of aromatic hydroxyl groups is 1. The number of alkyl halides is 1. The minimum atomic E-state index is -0.714. The van der Waals surface area contributed by atoms with Gasteiger partial charge in [-0.1, -0.05) is 22.6 Å². The van der Waals surface area contributed by atoms with Crippen LogP contribution in [0.15, 0.2) is 24.3 Å². The van der Waals surface area contributed by atoms with Crippen molar-refractivity contribution in [1.29, 1.82) is 0 Å². The van der Waals surface area contributed by atoms with Gasteiger partial charge in [0.1, 0.15) is 5.75 Å². The first-order valence-electron chi connectivity index (χ1n) is 4.14. The minimum Gasteiger partial charge on any atom is -0.508 e. The van der Waals surface area contributed by atoms with Gasteiger partial charge in [-0.2, -0.15) is 0 Å². The van der Waals surface area contributed by atoms with Gasteiger partial charge in [0.05, 0.1) is 4.43 Å². The van der Waals surface area contributed by atoms with Gasteiger partial charge in [0.25, 0.3) is 0 Å². The van der Waals surface area contributed by atoms with Gasteiger partial charge in [0.2, 0.25) is 5.79 Å². The Morgan fingerprint density at radius 1 is 1.21 bits per heavy atom. The highest BCUT2D eigenvalue weighted by atomic mass is 127. The van der Waals surface area contributed by atoms with Crippen molar-refractivity contribution < 1.29 is 14.6 Å². The van der Waals surface area contributed by atoms with E-state index < -0.39 is 5.79 Å². The standard InChI is InChI=1S/C10H13IO3/c1-13-10(7-11,14-2)8-3-5-9(12)6-4-8/h3-6,12H,7H2,1-2H3. The highest BCUT2D eigenvalue weighted by Gasteiger charge is 2.30. The second-order valence-corrected chi connectivity index (χ2v) is 3.60. The van der Waals surface area contributed by atoms with Gasteiger partial charge in [-0.3, -0.25) is 0 Å². The second-order valence-electron chi connectivity index (χ2n) is 2.84. The third kappa shape index (κ3) is 2.18. The number of ether oxygens (including phenoxy) is 2. The van der Waals surface area contributed by atoms with E-state index in [0.29, 0.717) is 4.43 Å². The molecule has 0 aromatic heterocycles. The first-order valence-corrected chi connectivity index (χ1v) is 5.67. The smallest absolute Gasteiger partial charge is 0.203 e. The maximum atomic E-state index is 9.16. The van der Waals surface area contributed by atoms with Crippen molar-refractivity contribution in [1.82, 2.24) is 0 Å². The monoisotopic (exact) mass is 308 g/mol. The SMILES string of the molecule is COC(CI)(OC)c1ccc(O)cc1. The summed E-state index contributed by atoms with van der Waals surface area (Å²) in [5.41, 5.74) is 0.898. The Labute approximate surface area is 97.2 Å². The van der Waals surface area contributed by atoms with Gasteiger partial charge in [-0.05, 0) is 24.3 Å². The molecule has 0 aliphatic heterocycles. The molecule has 0 atom stereocenters. The van der Waals surface area contributed by atoms with Gasteiger partial charge in [-0.25, -0.2) is 0 Å². The quantitative estimate of drug-likeness (QED) is 0.527. The topological polar surface area (TPSA) is 38.7 Å². The maximum absolute atomic E-state index is 9.16. The zero-order valence-electron chi connectivity index (χ0n) is 8.16. The average Bonchev–Trinajstić information content (AvgIpc) is 2.24. The number of benzene rings is 1. The van der Waals surface area contributed by atoms with Crippen molar-refractivity contribution >= 4 is 22.6 Å². The van der Waals surface area contributed by atoms with Crippen LogP contribution >= 0.6 is 22.6 Å². The van der Waals surface area contributed by atoms with Crippen molar-refractivity contribution in [3.8, 4) is 5.75 Å². The molecule has 4 heteroatoms. The maximum Gasteiger partial charge on any atom is 0.203 e. The predicted molar refractivity (Wildman–Crippen MR) is 62.7 cm³/mol. The third-order valence-corrected chi connectivity index (χ3v) is 3.15. The van der Waals surface area contributed by atoms with Crippen molar-refractivity contribution in [3.05, 3.63) is 29.8 Å². The van der Waals surface area contributed by atoms with Crippen LogP contribution in [0.25, 0.3) is 0 Å². The highest BCUT2D eigenvalue weighted by Crippen LogP contribution is 2.29. The third-order valence-electron chi connectivity index (χ3n) is 2.14. The van der Waals surface area contributed by atoms with E-state index in [4.69, 9.17) is 14.6 Å². The number of methoxy groups -OCH3 is 2. The zero-order chi connectivity index (χ0) is 10.6. The van der Waals surface area contributed by atoms with Crippen LogP contribution in [0.2, 0.25) is 0 Å². The lowest BCUT2D eigenvalue weighted by Crippen LogP contribution is -2.32. The van der Waals surface area contributed by atoms with Crippen molar-refractivity contribution in [2.75, 3.05) is 18.6 Å². The van der Waals surface area contributed by atoms with Gasteiger partial charge in [0, 0.05) is 19.8 Å². The lowest BCUT2D eigenvalue weighted by atomic mass is 10.1. The van der Waals surface area contributed by atoms with E-state index in [9.17, 15) is 0 Å². The molecule has 0 unspecified atom stereocenters. The lowest BCUT2D eigenvalue weighted by molar-refractivity contribution is -0.195. The van der Waals surface area contributed by atoms with E-state index in [-0.39, 0.29) is 5.75 Å². The molecule has 0 saturated carbocycles. The Balaban J connectivity index is 3.05. The first-order chi connectivity index (χ1) is 6.68.